The minimum Gasteiger partial charge on any atom is -0.379 e. The summed E-state index contributed by atoms with van der Waals surface area (Å²) in [5.74, 6) is 0.298. The van der Waals surface area contributed by atoms with Crippen molar-refractivity contribution in [2.45, 2.75) is 45.2 Å². The van der Waals surface area contributed by atoms with Crippen LogP contribution in [0.2, 0.25) is 0 Å². The van der Waals surface area contributed by atoms with Crippen molar-refractivity contribution in [2.75, 3.05) is 45.9 Å². The molecule has 0 radical (unpaired) electrons. The van der Waals surface area contributed by atoms with Crippen LogP contribution in [-0.2, 0) is 9.53 Å². The highest BCUT2D eigenvalue weighted by molar-refractivity contribution is 5.82. The van der Waals surface area contributed by atoms with Crippen molar-refractivity contribution in [3.8, 4) is 0 Å². The van der Waals surface area contributed by atoms with Crippen LogP contribution in [0, 0.1) is 0 Å². The fourth-order valence-electron chi connectivity index (χ4n) is 3.03. The van der Waals surface area contributed by atoms with E-state index in [4.69, 9.17) is 4.74 Å². The van der Waals surface area contributed by atoms with Gasteiger partial charge in [-0.25, -0.2) is 0 Å². The van der Waals surface area contributed by atoms with Crippen LogP contribution in [0.5, 0.6) is 0 Å². The molecule has 0 aromatic carbocycles. The summed E-state index contributed by atoms with van der Waals surface area (Å²) in [6.07, 6.45) is 3.17. The van der Waals surface area contributed by atoms with Crippen LogP contribution in [-0.4, -0.2) is 73.7 Å². The Bertz CT molecular complexity index is 303. The van der Waals surface area contributed by atoms with Crippen LogP contribution in [0.15, 0.2) is 0 Å². The van der Waals surface area contributed by atoms with Crippen LogP contribution in [0.1, 0.15) is 33.1 Å². The van der Waals surface area contributed by atoms with Gasteiger partial charge in [-0.3, -0.25) is 9.69 Å². The van der Waals surface area contributed by atoms with Crippen LogP contribution in [0.3, 0.4) is 0 Å². The topological polar surface area (TPSA) is 44.8 Å². The maximum atomic E-state index is 12.4. The monoisotopic (exact) mass is 283 g/mol. The van der Waals surface area contributed by atoms with Crippen LogP contribution < -0.4 is 5.32 Å². The Hall–Kier alpha value is -0.650. The maximum absolute atomic E-state index is 12.4. The number of hydrogen-bond acceptors (Lipinski definition) is 4. The Kier molecular flexibility index (Phi) is 6.26. The second kappa shape index (κ2) is 7.96. The van der Waals surface area contributed by atoms with Crippen molar-refractivity contribution in [3.63, 3.8) is 0 Å². The first kappa shape index (κ1) is 15.7. The van der Waals surface area contributed by atoms with Crippen molar-refractivity contribution in [2.24, 2.45) is 0 Å². The molecule has 0 spiro atoms. The van der Waals surface area contributed by atoms with E-state index in [0.29, 0.717) is 11.9 Å². The van der Waals surface area contributed by atoms with E-state index < -0.39 is 0 Å². The normalized spacial score (nSPS) is 25.4. The summed E-state index contributed by atoms with van der Waals surface area (Å²) in [6, 6.07) is 0.407. The Morgan fingerprint density at radius 3 is 2.70 bits per heavy atom. The van der Waals surface area contributed by atoms with Gasteiger partial charge in [0.25, 0.3) is 0 Å². The smallest absolute Gasteiger partial charge is 0.239 e. The Labute approximate surface area is 122 Å². The van der Waals surface area contributed by atoms with Gasteiger partial charge in [-0.05, 0) is 19.3 Å². The van der Waals surface area contributed by atoms with Crippen molar-refractivity contribution >= 4 is 5.91 Å². The highest BCUT2D eigenvalue weighted by Crippen LogP contribution is 2.13. The molecular weight excluding hydrogens is 254 g/mol. The zero-order valence-corrected chi connectivity index (χ0v) is 12.9. The zero-order chi connectivity index (χ0) is 14.4. The van der Waals surface area contributed by atoms with E-state index in [1.165, 1.54) is 0 Å². The SMILES string of the molecule is CC(C)NC1CCCN(CCCN2CCOCC2)C1=O. The predicted octanol–water partition coefficient (Wildman–Crippen LogP) is 0.698. The number of likely N-dealkylation sites (tertiary alicyclic amines) is 1. The largest absolute Gasteiger partial charge is 0.379 e. The van der Waals surface area contributed by atoms with Crippen molar-refractivity contribution in [1.29, 1.82) is 0 Å². The average Bonchev–Trinajstić information content (AvgIpc) is 2.43. The number of nitrogens with one attached hydrogen (secondary N) is 1. The highest BCUT2D eigenvalue weighted by atomic mass is 16.5. The number of carbonyl (C=O) groups is 1. The molecule has 20 heavy (non-hydrogen) atoms. The maximum Gasteiger partial charge on any atom is 0.239 e. The van der Waals surface area contributed by atoms with Gasteiger partial charge in [-0.15, -0.1) is 0 Å². The first-order valence-corrected chi connectivity index (χ1v) is 8.02. The molecule has 2 rings (SSSR count). The molecule has 2 aliphatic rings. The highest BCUT2D eigenvalue weighted by Gasteiger charge is 2.28. The molecule has 1 amide bonds. The molecule has 0 bridgehead atoms. The summed E-state index contributed by atoms with van der Waals surface area (Å²) in [5.41, 5.74) is 0. The summed E-state index contributed by atoms with van der Waals surface area (Å²) in [4.78, 5) is 16.9. The number of morpholine rings is 1. The zero-order valence-electron chi connectivity index (χ0n) is 12.9. The second-order valence-corrected chi connectivity index (χ2v) is 6.15. The van der Waals surface area contributed by atoms with E-state index in [1.807, 2.05) is 4.90 Å². The van der Waals surface area contributed by atoms with Crippen molar-refractivity contribution in [3.05, 3.63) is 0 Å². The van der Waals surface area contributed by atoms with Gasteiger partial charge in [0, 0.05) is 38.8 Å². The Balaban J connectivity index is 1.70. The molecule has 0 aromatic heterocycles. The fourth-order valence-corrected chi connectivity index (χ4v) is 3.03. The first-order valence-electron chi connectivity index (χ1n) is 8.02. The molecule has 1 unspecified atom stereocenters. The van der Waals surface area contributed by atoms with Gasteiger partial charge in [0.2, 0.25) is 5.91 Å². The van der Waals surface area contributed by atoms with E-state index in [-0.39, 0.29) is 6.04 Å². The summed E-state index contributed by atoms with van der Waals surface area (Å²) in [7, 11) is 0. The summed E-state index contributed by atoms with van der Waals surface area (Å²) >= 11 is 0. The van der Waals surface area contributed by atoms with E-state index in [9.17, 15) is 4.79 Å². The third kappa shape index (κ3) is 4.72. The number of ether oxygens (including phenoxy) is 1. The molecular formula is C15H29N3O2. The first-order chi connectivity index (χ1) is 9.66. The van der Waals surface area contributed by atoms with Gasteiger partial charge >= 0.3 is 0 Å². The van der Waals surface area contributed by atoms with E-state index >= 15 is 0 Å². The molecule has 116 valence electrons. The van der Waals surface area contributed by atoms with Gasteiger partial charge < -0.3 is 15.0 Å². The van der Waals surface area contributed by atoms with Gasteiger partial charge in [0.05, 0.1) is 19.3 Å². The van der Waals surface area contributed by atoms with Crippen molar-refractivity contribution in [1.82, 2.24) is 15.1 Å². The van der Waals surface area contributed by atoms with Crippen LogP contribution in [0.4, 0.5) is 0 Å². The molecule has 0 aromatic rings. The minimum atomic E-state index is 0.0344. The third-order valence-corrected chi connectivity index (χ3v) is 4.07. The molecule has 2 heterocycles. The van der Waals surface area contributed by atoms with Crippen LogP contribution in [0.25, 0.3) is 0 Å². The summed E-state index contributed by atoms with van der Waals surface area (Å²) < 4.78 is 5.35. The molecule has 5 heteroatoms. The number of hydrogen-bond donors (Lipinski definition) is 1. The van der Waals surface area contributed by atoms with E-state index in [0.717, 1.165) is 65.2 Å². The van der Waals surface area contributed by atoms with Crippen molar-refractivity contribution < 1.29 is 9.53 Å². The summed E-state index contributed by atoms with van der Waals surface area (Å²) in [5, 5.41) is 3.38. The fraction of sp³-hybridized carbons (Fsp3) is 0.933. The molecule has 5 nitrogen and oxygen atoms in total. The number of piperidine rings is 1. The Morgan fingerprint density at radius 2 is 2.00 bits per heavy atom. The standard InChI is InChI=1S/C15H29N3O2/c1-13(2)16-14-5-3-7-18(15(14)19)8-4-6-17-9-11-20-12-10-17/h13-14,16H,3-12H2,1-2H3. The van der Waals surface area contributed by atoms with Gasteiger partial charge in [0.15, 0.2) is 0 Å². The lowest BCUT2D eigenvalue weighted by Crippen LogP contribution is -2.52. The molecule has 2 aliphatic heterocycles. The number of nitrogens with zero attached hydrogens (tertiary/aromatic N) is 2. The number of amides is 1. The predicted molar refractivity (Wildman–Crippen MR) is 79.7 cm³/mol. The molecule has 2 fully saturated rings. The van der Waals surface area contributed by atoms with Gasteiger partial charge in [0.1, 0.15) is 0 Å². The van der Waals surface area contributed by atoms with E-state index in [2.05, 4.69) is 24.1 Å². The number of carbonyl (C=O) groups excluding carboxylic acids is 1. The van der Waals surface area contributed by atoms with Gasteiger partial charge in [-0.1, -0.05) is 13.8 Å². The molecule has 0 saturated carbocycles. The number of rotatable bonds is 6. The van der Waals surface area contributed by atoms with Crippen LogP contribution >= 0.6 is 0 Å². The molecule has 1 N–H and O–H groups in total. The Morgan fingerprint density at radius 1 is 1.25 bits per heavy atom. The van der Waals surface area contributed by atoms with Gasteiger partial charge in [-0.2, -0.15) is 0 Å². The lowest BCUT2D eigenvalue weighted by molar-refractivity contribution is -0.136. The molecule has 2 saturated heterocycles. The third-order valence-electron chi connectivity index (χ3n) is 4.07. The minimum absolute atomic E-state index is 0.0344. The lowest BCUT2D eigenvalue weighted by Gasteiger charge is -2.34. The summed E-state index contributed by atoms with van der Waals surface area (Å²) in [6.45, 7) is 10.9. The molecule has 0 aliphatic carbocycles. The molecule has 1 atom stereocenters. The average molecular weight is 283 g/mol. The quantitative estimate of drug-likeness (QED) is 0.779. The second-order valence-electron chi connectivity index (χ2n) is 6.15. The van der Waals surface area contributed by atoms with E-state index in [1.54, 1.807) is 0 Å². The lowest BCUT2D eigenvalue weighted by atomic mass is 10.0.